The van der Waals surface area contributed by atoms with Crippen LogP contribution in [0, 0.1) is 5.41 Å². The summed E-state index contributed by atoms with van der Waals surface area (Å²) in [5.41, 5.74) is 0.0684. The van der Waals surface area contributed by atoms with Crippen LogP contribution >= 0.6 is 0 Å². The number of hydrogen-bond donors (Lipinski definition) is 0. The molecule has 68 valence electrons. The second kappa shape index (κ2) is 2.84. The summed E-state index contributed by atoms with van der Waals surface area (Å²) in [6, 6.07) is 0. The van der Waals surface area contributed by atoms with Crippen molar-refractivity contribution in [3.05, 3.63) is 0 Å². The number of ketones is 1. The largest absolute Gasteiger partial charge is 0.381 e. The fraction of sp³-hybridized carbons (Fsp3) is 0.900. The highest BCUT2D eigenvalue weighted by Crippen LogP contribution is 2.49. The molecule has 12 heavy (non-hydrogen) atoms. The van der Waals surface area contributed by atoms with Crippen molar-refractivity contribution in [2.24, 2.45) is 5.41 Å². The number of carbonyl (C=O) groups excluding carboxylic acids is 1. The fourth-order valence-electron chi connectivity index (χ4n) is 2.57. The molecule has 0 heterocycles. The van der Waals surface area contributed by atoms with Gasteiger partial charge in [-0.05, 0) is 32.1 Å². The van der Waals surface area contributed by atoms with Crippen LogP contribution in [0.4, 0.5) is 0 Å². The highest BCUT2D eigenvalue weighted by atomic mass is 16.5. The lowest BCUT2D eigenvalue weighted by Gasteiger charge is -2.45. The minimum absolute atomic E-state index is 0.0684. The standard InChI is InChI=1S/C10H16O2/c1-12-8-3-2-5-10(7-8)6-4-9(10)11/h8H,2-7H2,1H3. The monoisotopic (exact) mass is 168 g/mol. The normalized spacial score (nSPS) is 41.4. The number of carbonyl (C=O) groups is 1. The maximum absolute atomic E-state index is 11.4. The Morgan fingerprint density at radius 3 is 2.83 bits per heavy atom. The first kappa shape index (κ1) is 8.24. The molecule has 0 aromatic rings. The Bertz CT molecular complexity index is 200. The van der Waals surface area contributed by atoms with E-state index in [1.807, 2.05) is 0 Å². The van der Waals surface area contributed by atoms with E-state index in [0.29, 0.717) is 11.9 Å². The van der Waals surface area contributed by atoms with Crippen LogP contribution in [0.25, 0.3) is 0 Å². The van der Waals surface area contributed by atoms with Crippen LogP contribution < -0.4 is 0 Å². The maximum atomic E-state index is 11.4. The van der Waals surface area contributed by atoms with E-state index >= 15 is 0 Å². The van der Waals surface area contributed by atoms with Crippen molar-refractivity contribution in [2.75, 3.05) is 7.11 Å². The van der Waals surface area contributed by atoms with E-state index in [4.69, 9.17) is 4.74 Å². The molecule has 0 radical (unpaired) electrons. The van der Waals surface area contributed by atoms with Gasteiger partial charge in [-0.15, -0.1) is 0 Å². The van der Waals surface area contributed by atoms with Crippen LogP contribution in [0.15, 0.2) is 0 Å². The highest BCUT2D eigenvalue weighted by Gasteiger charge is 2.48. The van der Waals surface area contributed by atoms with Gasteiger partial charge in [0.25, 0.3) is 0 Å². The molecule has 0 aromatic heterocycles. The van der Waals surface area contributed by atoms with E-state index in [1.165, 1.54) is 6.42 Å². The SMILES string of the molecule is COC1CCCC2(CCC2=O)C1. The third kappa shape index (κ3) is 1.09. The molecule has 0 bridgehead atoms. The van der Waals surface area contributed by atoms with Crippen LogP contribution in [-0.4, -0.2) is 19.0 Å². The lowest BCUT2D eigenvalue weighted by Crippen LogP contribution is -2.46. The summed E-state index contributed by atoms with van der Waals surface area (Å²) in [6.07, 6.45) is 6.70. The zero-order valence-electron chi connectivity index (χ0n) is 7.64. The second-order valence-corrected chi connectivity index (χ2v) is 4.16. The predicted octanol–water partition coefficient (Wildman–Crippen LogP) is 1.92. The molecule has 1 spiro atoms. The molecule has 0 amide bonds. The van der Waals surface area contributed by atoms with Crippen molar-refractivity contribution in [3.8, 4) is 0 Å². The molecule has 2 aliphatic carbocycles. The molecule has 2 nitrogen and oxygen atoms in total. The van der Waals surface area contributed by atoms with Gasteiger partial charge >= 0.3 is 0 Å². The summed E-state index contributed by atoms with van der Waals surface area (Å²) in [6.45, 7) is 0. The first-order valence-electron chi connectivity index (χ1n) is 4.83. The minimum Gasteiger partial charge on any atom is -0.381 e. The van der Waals surface area contributed by atoms with Crippen LogP contribution in [0.3, 0.4) is 0 Å². The Balaban J connectivity index is 2.02. The van der Waals surface area contributed by atoms with Gasteiger partial charge in [0.15, 0.2) is 0 Å². The molecule has 2 rings (SSSR count). The molecular weight excluding hydrogens is 152 g/mol. The molecule has 2 atom stereocenters. The Morgan fingerprint density at radius 1 is 1.50 bits per heavy atom. The average molecular weight is 168 g/mol. The van der Waals surface area contributed by atoms with Gasteiger partial charge < -0.3 is 4.74 Å². The summed E-state index contributed by atoms with van der Waals surface area (Å²) in [5, 5.41) is 0. The second-order valence-electron chi connectivity index (χ2n) is 4.16. The molecule has 2 aliphatic rings. The van der Waals surface area contributed by atoms with E-state index in [1.54, 1.807) is 7.11 Å². The summed E-state index contributed by atoms with van der Waals surface area (Å²) >= 11 is 0. The van der Waals surface area contributed by atoms with E-state index in [-0.39, 0.29) is 5.41 Å². The molecular formula is C10H16O2. The molecule has 0 aromatic carbocycles. The number of hydrogen-bond acceptors (Lipinski definition) is 2. The highest BCUT2D eigenvalue weighted by molar-refractivity contribution is 5.90. The Hall–Kier alpha value is -0.370. The first-order chi connectivity index (χ1) is 5.77. The molecule has 0 saturated heterocycles. The lowest BCUT2D eigenvalue weighted by atomic mass is 9.59. The van der Waals surface area contributed by atoms with Gasteiger partial charge in [-0.25, -0.2) is 0 Å². The number of Topliss-reactive ketones (excluding diaryl/α,β-unsaturated/α-hetero) is 1. The van der Waals surface area contributed by atoms with Gasteiger partial charge in [-0.3, -0.25) is 4.79 Å². The van der Waals surface area contributed by atoms with Crippen molar-refractivity contribution in [3.63, 3.8) is 0 Å². The quantitative estimate of drug-likeness (QED) is 0.598. The third-order valence-electron chi connectivity index (χ3n) is 3.56. The van der Waals surface area contributed by atoms with Crippen molar-refractivity contribution >= 4 is 5.78 Å². The average Bonchev–Trinajstić information content (AvgIpc) is 2.15. The number of methoxy groups -OCH3 is 1. The third-order valence-corrected chi connectivity index (χ3v) is 3.56. The molecule has 2 unspecified atom stereocenters. The summed E-state index contributed by atoms with van der Waals surface area (Å²) in [4.78, 5) is 11.4. The predicted molar refractivity (Wildman–Crippen MR) is 45.9 cm³/mol. The number of ether oxygens (including phenoxy) is 1. The summed E-state index contributed by atoms with van der Waals surface area (Å²) < 4.78 is 5.32. The van der Waals surface area contributed by atoms with Crippen molar-refractivity contribution in [2.45, 2.75) is 44.6 Å². The lowest BCUT2D eigenvalue weighted by molar-refractivity contribution is -0.144. The summed E-state index contributed by atoms with van der Waals surface area (Å²) in [5.74, 6) is 0.490. The van der Waals surface area contributed by atoms with Gasteiger partial charge in [0.05, 0.1) is 6.10 Å². The van der Waals surface area contributed by atoms with Crippen LogP contribution in [0.2, 0.25) is 0 Å². The Morgan fingerprint density at radius 2 is 2.33 bits per heavy atom. The van der Waals surface area contributed by atoms with E-state index in [2.05, 4.69) is 0 Å². The van der Waals surface area contributed by atoms with E-state index < -0.39 is 0 Å². The Kier molecular flexibility index (Phi) is 1.95. The fourth-order valence-corrected chi connectivity index (χ4v) is 2.57. The van der Waals surface area contributed by atoms with Crippen LogP contribution in [0.5, 0.6) is 0 Å². The van der Waals surface area contributed by atoms with Crippen molar-refractivity contribution < 1.29 is 9.53 Å². The van der Waals surface area contributed by atoms with E-state index in [9.17, 15) is 4.79 Å². The van der Waals surface area contributed by atoms with Gasteiger partial charge in [0, 0.05) is 18.9 Å². The minimum atomic E-state index is 0.0684. The maximum Gasteiger partial charge on any atom is 0.139 e. The number of rotatable bonds is 1. The van der Waals surface area contributed by atoms with Gasteiger partial charge in [0.2, 0.25) is 0 Å². The van der Waals surface area contributed by atoms with E-state index in [0.717, 1.165) is 32.1 Å². The molecule has 2 fully saturated rings. The smallest absolute Gasteiger partial charge is 0.139 e. The van der Waals surface area contributed by atoms with Gasteiger partial charge in [0.1, 0.15) is 5.78 Å². The van der Waals surface area contributed by atoms with Crippen molar-refractivity contribution in [1.29, 1.82) is 0 Å². The molecule has 2 heteroatoms. The first-order valence-corrected chi connectivity index (χ1v) is 4.83. The zero-order valence-corrected chi connectivity index (χ0v) is 7.64. The van der Waals surface area contributed by atoms with Crippen LogP contribution in [0.1, 0.15) is 38.5 Å². The topological polar surface area (TPSA) is 26.3 Å². The summed E-state index contributed by atoms with van der Waals surface area (Å²) in [7, 11) is 1.76. The molecule has 2 saturated carbocycles. The van der Waals surface area contributed by atoms with Crippen LogP contribution in [-0.2, 0) is 9.53 Å². The molecule has 0 aliphatic heterocycles. The molecule has 0 N–H and O–H groups in total. The van der Waals surface area contributed by atoms with Gasteiger partial charge in [-0.1, -0.05) is 0 Å². The zero-order chi connectivity index (χ0) is 8.60. The van der Waals surface area contributed by atoms with Crippen molar-refractivity contribution in [1.82, 2.24) is 0 Å². The van der Waals surface area contributed by atoms with Gasteiger partial charge in [-0.2, -0.15) is 0 Å². The Labute approximate surface area is 73.3 Å².